The summed E-state index contributed by atoms with van der Waals surface area (Å²) in [5.41, 5.74) is -0.804. The third-order valence-corrected chi connectivity index (χ3v) is 7.13. The molecule has 0 saturated carbocycles. The number of esters is 1. The van der Waals surface area contributed by atoms with Crippen LogP contribution in [0.1, 0.15) is 111 Å². The van der Waals surface area contributed by atoms with Crippen LogP contribution in [0.25, 0.3) is 0 Å². The average molecular weight is 421 g/mol. The van der Waals surface area contributed by atoms with Gasteiger partial charge in [-0.05, 0) is 26.2 Å². The third-order valence-electron chi connectivity index (χ3n) is 4.81. The highest BCUT2D eigenvalue weighted by molar-refractivity contribution is 7.55. The van der Waals surface area contributed by atoms with E-state index in [2.05, 4.69) is 20.8 Å². The molecule has 0 N–H and O–H groups in total. The molecule has 0 aliphatic rings. The maximum absolute atomic E-state index is 13.5. The highest BCUT2D eigenvalue weighted by Gasteiger charge is 2.42. The summed E-state index contributed by atoms with van der Waals surface area (Å²) in [6, 6.07) is 0. The zero-order chi connectivity index (χ0) is 21.1. The highest BCUT2D eigenvalue weighted by Crippen LogP contribution is 2.55. The van der Waals surface area contributed by atoms with Gasteiger partial charge in [0.2, 0.25) is 0 Å². The Morgan fingerprint density at radius 2 is 1.18 bits per heavy atom. The van der Waals surface area contributed by atoms with Crippen molar-refractivity contribution in [2.45, 2.75) is 117 Å². The standard InChI is InChI=1S/C22H45O5P/c1-5-9-12-13-14-15-16-17-18-21(22(23)25-8-4)28(24,26-19-10-6-2)27-20-11-7-3/h21H,5-20H2,1-4H3/t21-/m1/s1. The number of ether oxygens (including phenoxy) is 1. The Balaban J connectivity index is 4.77. The zero-order valence-electron chi connectivity index (χ0n) is 18.9. The van der Waals surface area contributed by atoms with E-state index in [9.17, 15) is 9.36 Å². The highest BCUT2D eigenvalue weighted by atomic mass is 31.2. The Morgan fingerprint density at radius 3 is 1.64 bits per heavy atom. The van der Waals surface area contributed by atoms with Gasteiger partial charge in [0.15, 0.2) is 5.66 Å². The molecule has 168 valence electrons. The molecule has 28 heavy (non-hydrogen) atoms. The van der Waals surface area contributed by atoms with Crippen molar-refractivity contribution in [3.63, 3.8) is 0 Å². The molecular weight excluding hydrogens is 375 g/mol. The SMILES string of the molecule is CCCCCCCCCC[C@H](C(=O)OCC)P(=O)(OCCCC)OCCCC. The molecule has 0 heterocycles. The molecule has 0 aromatic carbocycles. The van der Waals surface area contributed by atoms with Gasteiger partial charge < -0.3 is 13.8 Å². The first kappa shape index (κ1) is 27.6. The average Bonchev–Trinajstić information content (AvgIpc) is 2.67. The Labute approximate surface area is 173 Å². The fourth-order valence-corrected chi connectivity index (χ4v) is 5.04. The first-order valence-electron chi connectivity index (χ1n) is 11.6. The molecule has 0 aromatic heterocycles. The number of unbranched alkanes of at least 4 members (excludes halogenated alkanes) is 9. The van der Waals surface area contributed by atoms with E-state index in [1.165, 1.54) is 32.1 Å². The van der Waals surface area contributed by atoms with Gasteiger partial charge in [-0.15, -0.1) is 0 Å². The van der Waals surface area contributed by atoms with Crippen molar-refractivity contribution in [1.82, 2.24) is 0 Å². The number of hydrogen-bond acceptors (Lipinski definition) is 5. The van der Waals surface area contributed by atoms with Gasteiger partial charge in [-0.3, -0.25) is 9.36 Å². The molecule has 0 bridgehead atoms. The van der Waals surface area contributed by atoms with Crippen LogP contribution in [0.2, 0.25) is 0 Å². The molecule has 0 fully saturated rings. The van der Waals surface area contributed by atoms with Crippen LogP contribution < -0.4 is 0 Å². The van der Waals surface area contributed by atoms with E-state index in [0.29, 0.717) is 19.6 Å². The molecule has 0 spiro atoms. The summed E-state index contributed by atoms with van der Waals surface area (Å²) in [6.07, 6.45) is 13.4. The van der Waals surface area contributed by atoms with Gasteiger partial charge in [-0.2, -0.15) is 0 Å². The van der Waals surface area contributed by atoms with Crippen LogP contribution in [0.4, 0.5) is 0 Å². The number of carbonyl (C=O) groups excluding carboxylic acids is 1. The van der Waals surface area contributed by atoms with Gasteiger partial charge in [0.1, 0.15) is 0 Å². The minimum atomic E-state index is -3.52. The number of carbonyl (C=O) groups is 1. The molecule has 0 amide bonds. The smallest absolute Gasteiger partial charge is 0.344 e. The molecule has 0 aliphatic carbocycles. The van der Waals surface area contributed by atoms with Crippen LogP contribution in [0.3, 0.4) is 0 Å². The predicted molar refractivity (Wildman–Crippen MR) is 117 cm³/mol. The van der Waals surface area contributed by atoms with Crippen LogP contribution in [0, 0.1) is 0 Å². The van der Waals surface area contributed by atoms with E-state index >= 15 is 0 Å². The van der Waals surface area contributed by atoms with Crippen LogP contribution in [-0.2, 0) is 23.1 Å². The fourth-order valence-electron chi connectivity index (χ4n) is 3.00. The van der Waals surface area contributed by atoms with E-state index in [-0.39, 0.29) is 6.61 Å². The zero-order valence-corrected chi connectivity index (χ0v) is 19.8. The van der Waals surface area contributed by atoms with Gasteiger partial charge in [0, 0.05) is 0 Å². The van der Waals surface area contributed by atoms with Crippen LogP contribution in [-0.4, -0.2) is 31.4 Å². The minimum absolute atomic E-state index is 0.274. The van der Waals surface area contributed by atoms with Crippen LogP contribution >= 0.6 is 7.60 Å². The van der Waals surface area contributed by atoms with Crippen LogP contribution in [0.5, 0.6) is 0 Å². The summed E-state index contributed by atoms with van der Waals surface area (Å²) in [4.78, 5) is 12.5. The van der Waals surface area contributed by atoms with Gasteiger partial charge >= 0.3 is 13.6 Å². The lowest BCUT2D eigenvalue weighted by atomic mass is 10.1. The lowest BCUT2D eigenvalue weighted by Crippen LogP contribution is -2.26. The summed E-state index contributed by atoms with van der Waals surface area (Å²) in [5, 5.41) is 0. The second-order valence-electron chi connectivity index (χ2n) is 7.44. The quantitative estimate of drug-likeness (QED) is 0.118. The Morgan fingerprint density at radius 1 is 0.714 bits per heavy atom. The molecule has 0 unspecified atom stereocenters. The molecule has 1 atom stereocenters. The first-order valence-corrected chi connectivity index (χ1v) is 13.2. The Hall–Kier alpha value is -0.380. The van der Waals surface area contributed by atoms with E-state index < -0.39 is 19.2 Å². The lowest BCUT2D eigenvalue weighted by Gasteiger charge is -2.25. The van der Waals surface area contributed by atoms with Gasteiger partial charge in [-0.1, -0.05) is 85.0 Å². The number of rotatable bonds is 20. The van der Waals surface area contributed by atoms with Crippen molar-refractivity contribution in [2.75, 3.05) is 19.8 Å². The van der Waals surface area contributed by atoms with Gasteiger partial charge in [-0.25, -0.2) is 0 Å². The van der Waals surface area contributed by atoms with E-state index in [0.717, 1.165) is 44.9 Å². The van der Waals surface area contributed by atoms with Crippen molar-refractivity contribution >= 4 is 13.6 Å². The molecule has 5 nitrogen and oxygen atoms in total. The molecule has 0 rings (SSSR count). The molecule has 0 aliphatic heterocycles. The summed E-state index contributed by atoms with van der Waals surface area (Å²) in [6.45, 7) is 9.08. The molecule has 0 saturated heterocycles. The maximum atomic E-state index is 13.5. The van der Waals surface area contributed by atoms with Crippen molar-refractivity contribution < 1.29 is 23.1 Å². The minimum Gasteiger partial charge on any atom is -0.465 e. The lowest BCUT2D eigenvalue weighted by molar-refractivity contribution is -0.143. The molecule has 6 heteroatoms. The Kier molecular flexibility index (Phi) is 18.4. The molecular formula is C22H45O5P. The van der Waals surface area contributed by atoms with E-state index in [4.69, 9.17) is 13.8 Å². The largest absolute Gasteiger partial charge is 0.465 e. The Bertz CT molecular complexity index is 400. The monoisotopic (exact) mass is 420 g/mol. The van der Waals surface area contributed by atoms with Gasteiger partial charge in [0.05, 0.1) is 19.8 Å². The summed E-state index contributed by atoms with van der Waals surface area (Å²) < 4.78 is 30.1. The second kappa shape index (κ2) is 18.6. The van der Waals surface area contributed by atoms with E-state index in [1.54, 1.807) is 6.92 Å². The van der Waals surface area contributed by atoms with Gasteiger partial charge in [0.25, 0.3) is 0 Å². The normalized spacial score (nSPS) is 12.9. The van der Waals surface area contributed by atoms with Crippen molar-refractivity contribution in [1.29, 1.82) is 0 Å². The summed E-state index contributed by atoms with van der Waals surface area (Å²) >= 11 is 0. The second-order valence-corrected chi connectivity index (χ2v) is 9.66. The fraction of sp³-hybridized carbons (Fsp3) is 0.955. The third kappa shape index (κ3) is 13.0. The first-order chi connectivity index (χ1) is 13.6. The van der Waals surface area contributed by atoms with Crippen molar-refractivity contribution in [3.8, 4) is 0 Å². The van der Waals surface area contributed by atoms with Crippen molar-refractivity contribution in [3.05, 3.63) is 0 Å². The maximum Gasteiger partial charge on any atom is 0.344 e. The summed E-state index contributed by atoms with van der Waals surface area (Å²) in [5.74, 6) is -0.443. The van der Waals surface area contributed by atoms with Crippen LogP contribution in [0.15, 0.2) is 0 Å². The predicted octanol–water partition coefficient (Wildman–Crippen LogP) is 7.28. The molecule has 0 radical (unpaired) electrons. The van der Waals surface area contributed by atoms with E-state index in [1.807, 2.05) is 0 Å². The molecule has 0 aromatic rings. The van der Waals surface area contributed by atoms with Crippen molar-refractivity contribution in [2.24, 2.45) is 0 Å². The topological polar surface area (TPSA) is 61.8 Å². The summed E-state index contributed by atoms with van der Waals surface area (Å²) in [7, 11) is -3.52. The number of hydrogen-bond donors (Lipinski definition) is 0.